The summed E-state index contributed by atoms with van der Waals surface area (Å²) in [6.07, 6.45) is 1.66. The molecule has 2 N–H and O–H groups in total. The van der Waals surface area contributed by atoms with Crippen molar-refractivity contribution in [3.63, 3.8) is 0 Å². The molecule has 0 heterocycles. The Hall–Kier alpha value is -1.69. The SMILES string of the molecule is COC1C(O)C=CC(NC(=O)c2ccccc2)C1OC. The highest BCUT2D eigenvalue weighted by Crippen LogP contribution is 2.19. The lowest BCUT2D eigenvalue weighted by atomic mass is 9.93. The van der Waals surface area contributed by atoms with Crippen molar-refractivity contribution in [3.8, 4) is 0 Å². The number of amides is 1. The van der Waals surface area contributed by atoms with Crippen LogP contribution in [0.15, 0.2) is 42.5 Å². The van der Waals surface area contributed by atoms with Crippen LogP contribution in [0.25, 0.3) is 0 Å². The number of ether oxygens (including phenoxy) is 2. The Bertz CT molecular complexity index is 474. The van der Waals surface area contributed by atoms with E-state index in [1.165, 1.54) is 14.2 Å². The molecule has 1 aromatic rings. The monoisotopic (exact) mass is 277 g/mol. The summed E-state index contributed by atoms with van der Waals surface area (Å²) >= 11 is 0. The minimum Gasteiger partial charge on any atom is -0.386 e. The Morgan fingerprint density at radius 3 is 2.35 bits per heavy atom. The van der Waals surface area contributed by atoms with Crippen LogP contribution >= 0.6 is 0 Å². The zero-order valence-corrected chi connectivity index (χ0v) is 11.5. The van der Waals surface area contributed by atoms with Gasteiger partial charge in [0.2, 0.25) is 0 Å². The van der Waals surface area contributed by atoms with Crippen LogP contribution in [0.5, 0.6) is 0 Å². The van der Waals surface area contributed by atoms with Crippen molar-refractivity contribution in [2.75, 3.05) is 14.2 Å². The van der Waals surface area contributed by atoms with Gasteiger partial charge in [0, 0.05) is 19.8 Å². The molecule has 0 aliphatic heterocycles. The molecule has 20 heavy (non-hydrogen) atoms. The van der Waals surface area contributed by atoms with Crippen LogP contribution in [-0.4, -0.2) is 49.6 Å². The molecule has 1 aliphatic carbocycles. The normalized spacial score (nSPS) is 29.1. The topological polar surface area (TPSA) is 67.8 Å². The van der Waals surface area contributed by atoms with E-state index in [0.29, 0.717) is 5.56 Å². The third kappa shape index (κ3) is 3.07. The van der Waals surface area contributed by atoms with Crippen molar-refractivity contribution in [2.45, 2.75) is 24.4 Å². The lowest BCUT2D eigenvalue weighted by Gasteiger charge is -2.35. The fourth-order valence-corrected chi connectivity index (χ4v) is 2.36. The molecule has 1 aliphatic rings. The molecule has 0 aromatic heterocycles. The summed E-state index contributed by atoms with van der Waals surface area (Å²) in [6, 6.07) is 8.61. The molecule has 0 radical (unpaired) electrons. The predicted octanol–water partition coefficient (Wildman–Crippen LogP) is 0.746. The number of aliphatic hydroxyl groups excluding tert-OH is 1. The second-order valence-corrected chi connectivity index (χ2v) is 4.64. The van der Waals surface area contributed by atoms with Gasteiger partial charge in [-0.1, -0.05) is 30.4 Å². The van der Waals surface area contributed by atoms with Gasteiger partial charge >= 0.3 is 0 Å². The van der Waals surface area contributed by atoms with Crippen molar-refractivity contribution in [1.29, 1.82) is 0 Å². The summed E-state index contributed by atoms with van der Waals surface area (Å²) in [5.74, 6) is -0.187. The minimum atomic E-state index is -0.741. The average molecular weight is 277 g/mol. The molecule has 4 atom stereocenters. The van der Waals surface area contributed by atoms with Crippen LogP contribution in [0.2, 0.25) is 0 Å². The Balaban J connectivity index is 2.12. The number of hydrogen-bond acceptors (Lipinski definition) is 4. The molecule has 0 fully saturated rings. The maximum Gasteiger partial charge on any atom is 0.251 e. The average Bonchev–Trinajstić information content (AvgIpc) is 2.49. The van der Waals surface area contributed by atoms with Gasteiger partial charge in [-0.15, -0.1) is 0 Å². The first-order valence-corrected chi connectivity index (χ1v) is 6.45. The Kier molecular flexibility index (Phi) is 4.89. The number of nitrogens with one attached hydrogen (secondary N) is 1. The quantitative estimate of drug-likeness (QED) is 0.797. The van der Waals surface area contributed by atoms with E-state index in [2.05, 4.69) is 5.32 Å². The molecule has 4 unspecified atom stereocenters. The van der Waals surface area contributed by atoms with Gasteiger partial charge in [-0.05, 0) is 12.1 Å². The second-order valence-electron chi connectivity index (χ2n) is 4.64. The minimum absolute atomic E-state index is 0.187. The molecular formula is C15H19NO4. The van der Waals surface area contributed by atoms with E-state index in [0.717, 1.165) is 0 Å². The number of carbonyl (C=O) groups excluding carboxylic acids is 1. The van der Waals surface area contributed by atoms with Gasteiger partial charge in [0.05, 0.1) is 6.04 Å². The van der Waals surface area contributed by atoms with Crippen LogP contribution in [0.4, 0.5) is 0 Å². The van der Waals surface area contributed by atoms with Crippen LogP contribution in [0.3, 0.4) is 0 Å². The molecule has 5 heteroatoms. The second kappa shape index (κ2) is 6.65. The van der Waals surface area contributed by atoms with Crippen molar-refractivity contribution < 1.29 is 19.4 Å². The first-order chi connectivity index (χ1) is 9.67. The summed E-state index contributed by atoms with van der Waals surface area (Å²) in [7, 11) is 3.04. The van der Waals surface area contributed by atoms with Gasteiger partial charge < -0.3 is 19.9 Å². The third-order valence-electron chi connectivity index (χ3n) is 3.41. The Morgan fingerprint density at radius 1 is 1.10 bits per heavy atom. The number of hydrogen-bond donors (Lipinski definition) is 2. The van der Waals surface area contributed by atoms with Gasteiger partial charge in [0.25, 0.3) is 5.91 Å². The highest BCUT2D eigenvalue weighted by molar-refractivity contribution is 5.94. The molecule has 0 bridgehead atoms. The van der Waals surface area contributed by atoms with Crippen molar-refractivity contribution >= 4 is 5.91 Å². The van der Waals surface area contributed by atoms with E-state index in [9.17, 15) is 9.90 Å². The highest BCUT2D eigenvalue weighted by Gasteiger charge is 2.36. The van der Waals surface area contributed by atoms with Crippen molar-refractivity contribution in [1.82, 2.24) is 5.32 Å². The van der Waals surface area contributed by atoms with E-state index >= 15 is 0 Å². The zero-order valence-electron chi connectivity index (χ0n) is 11.5. The summed E-state index contributed by atoms with van der Waals surface area (Å²) in [6.45, 7) is 0. The smallest absolute Gasteiger partial charge is 0.251 e. The molecular weight excluding hydrogens is 258 g/mol. The molecule has 0 saturated carbocycles. The van der Waals surface area contributed by atoms with E-state index in [4.69, 9.17) is 9.47 Å². The summed E-state index contributed by atoms with van der Waals surface area (Å²) in [5, 5.41) is 12.7. The molecule has 5 nitrogen and oxygen atoms in total. The molecule has 108 valence electrons. The molecule has 1 amide bonds. The summed E-state index contributed by atoms with van der Waals surface area (Å²) < 4.78 is 10.6. The van der Waals surface area contributed by atoms with Crippen LogP contribution in [-0.2, 0) is 9.47 Å². The predicted molar refractivity (Wildman–Crippen MR) is 74.4 cm³/mol. The molecule has 0 spiro atoms. The summed E-state index contributed by atoms with van der Waals surface area (Å²) in [5.41, 5.74) is 0.579. The lowest BCUT2D eigenvalue weighted by Crippen LogP contribution is -2.54. The Morgan fingerprint density at radius 2 is 1.75 bits per heavy atom. The third-order valence-corrected chi connectivity index (χ3v) is 3.41. The first-order valence-electron chi connectivity index (χ1n) is 6.45. The molecule has 2 rings (SSSR count). The molecule has 1 aromatic carbocycles. The first kappa shape index (κ1) is 14.7. The van der Waals surface area contributed by atoms with Gasteiger partial charge in [-0.25, -0.2) is 0 Å². The maximum absolute atomic E-state index is 12.1. The largest absolute Gasteiger partial charge is 0.386 e. The summed E-state index contributed by atoms with van der Waals surface area (Å²) in [4.78, 5) is 12.1. The highest BCUT2D eigenvalue weighted by atomic mass is 16.5. The molecule has 0 saturated heterocycles. The van der Waals surface area contributed by atoms with E-state index in [1.54, 1.807) is 36.4 Å². The van der Waals surface area contributed by atoms with Gasteiger partial charge in [-0.3, -0.25) is 4.79 Å². The van der Waals surface area contributed by atoms with Crippen molar-refractivity contribution in [3.05, 3.63) is 48.0 Å². The lowest BCUT2D eigenvalue weighted by molar-refractivity contribution is -0.0931. The number of benzene rings is 1. The number of rotatable bonds is 4. The van der Waals surface area contributed by atoms with Crippen LogP contribution in [0.1, 0.15) is 10.4 Å². The zero-order chi connectivity index (χ0) is 14.5. The number of aliphatic hydroxyl groups is 1. The van der Waals surface area contributed by atoms with Crippen LogP contribution in [0, 0.1) is 0 Å². The number of methoxy groups -OCH3 is 2. The van der Waals surface area contributed by atoms with E-state index in [1.807, 2.05) is 6.07 Å². The van der Waals surface area contributed by atoms with E-state index < -0.39 is 18.3 Å². The van der Waals surface area contributed by atoms with E-state index in [-0.39, 0.29) is 11.9 Å². The van der Waals surface area contributed by atoms with Crippen molar-refractivity contribution in [2.24, 2.45) is 0 Å². The van der Waals surface area contributed by atoms with Gasteiger partial charge in [-0.2, -0.15) is 0 Å². The van der Waals surface area contributed by atoms with Gasteiger partial charge in [0.1, 0.15) is 18.3 Å². The standard InChI is InChI=1S/C15H19NO4/c1-19-13-11(8-9-12(17)14(13)20-2)16-15(18)10-6-4-3-5-7-10/h3-9,11-14,17H,1-2H3,(H,16,18). The fourth-order valence-electron chi connectivity index (χ4n) is 2.36. The van der Waals surface area contributed by atoms with Crippen LogP contribution < -0.4 is 5.32 Å². The fraction of sp³-hybridized carbons (Fsp3) is 0.400. The van der Waals surface area contributed by atoms with Gasteiger partial charge in [0.15, 0.2) is 0 Å². The number of carbonyl (C=O) groups is 1. The Labute approximate surface area is 118 Å². The maximum atomic E-state index is 12.1.